The number of hydrogen-bond donors (Lipinski definition) is 0. The second-order valence-corrected chi connectivity index (χ2v) is 3.45. The van der Waals surface area contributed by atoms with Crippen LogP contribution in [0.5, 0.6) is 0 Å². The molecule has 0 heterocycles. The average Bonchev–Trinajstić information content (AvgIpc) is 2.67. The molecule has 0 aromatic heterocycles. The first-order valence-electron chi connectivity index (χ1n) is 4.58. The molecule has 2 bridgehead atoms. The molecule has 11 heavy (non-hydrogen) atoms. The molecular formula is C11H18. The van der Waals surface area contributed by atoms with Crippen molar-refractivity contribution in [1.82, 2.24) is 0 Å². The molecule has 0 N–H and O–H groups in total. The van der Waals surface area contributed by atoms with Crippen LogP contribution in [0.15, 0.2) is 25.3 Å². The molecule has 0 spiro atoms. The van der Waals surface area contributed by atoms with Crippen molar-refractivity contribution in [1.29, 1.82) is 0 Å². The van der Waals surface area contributed by atoms with Gasteiger partial charge < -0.3 is 0 Å². The summed E-state index contributed by atoms with van der Waals surface area (Å²) in [4.78, 5) is 0. The van der Waals surface area contributed by atoms with Gasteiger partial charge in [-0.2, -0.15) is 0 Å². The van der Waals surface area contributed by atoms with Crippen LogP contribution in [0, 0.1) is 17.8 Å². The van der Waals surface area contributed by atoms with Crippen LogP contribution in [0.25, 0.3) is 0 Å². The Morgan fingerprint density at radius 3 is 2.27 bits per heavy atom. The van der Waals surface area contributed by atoms with Crippen LogP contribution >= 0.6 is 0 Å². The van der Waals surface area contributed by atoms with Crippen molar-refractivity contribution in [3.63, 3.8) is 0 Å². The summed E-state index contributed by atoms with van der Waals surface area (Å²) >= 11 is 0. The molecule has 2 rings (SSSR count). The maximum Gasteiger partial charge on any atom is -0.0199 e. The molecule has 0 nitrogen and oxygen atoms in total. The minimum absolute atomic E-state index is 0.972. The van der Waals surface area contributed by atoms with E-state index < -0.39 is 0 Å². The zero-order valence-corrected chi connectivity index (χ0v) is 7.42. The lowest BCUT2D eigenvalue weighted by atomic mass is 9.91. The third-order valence-corrected chi connectivity index (χ3v) is 2.94. The molecule has 0 amide bonds. The van der Waals surface area contributed by atoms with E-state index in [2.05, 4.69) is 32.2 Å². The third-order valence-electron chi connectivity index (χ3n) is 2.94. The number of fused-ring (bicyclic) bond motifs is 2. The van der Waals surface area contributed by atoms with Crippen LogP contribution in [0.4, 0.5) is 0 Å². The SMILES string of the molecule is C=C.CCC1CC2C=CC1C2. The van der Waals surface area contributed by atoms with Gasteiger partial charge in [-0.05, 0) is 30.6 Å². The van der Waals surface area contributed by atoms with Crippen LogP contribution in [-0.2, 0) is 0 Å². The largest absolute Gasteiger partial charge is 0.106 e. The van der Waals surface area contributed by atoms with Gasteiger partial charge in [-0.15, -0.1) is 13.2 Å². The molecule has 62 valence electrons. The van der Waals surface area contributed by atoms with Crippen LogP contribution in [0.1, 0.15) is 26.2 Å². The van der Waals surface area contributed by atoms with E-state index in [-0.39, 0.29) is 0 Å². The van der Waals surface area contributed by atoms with Gasteiger partial charge in [-0.1, -0.05) is 25.5 Å². The van der Waals surface area contributed by atoms with E-state index >= 15 is 0 Å². The lowest BCUT2D eigenvalue weighted by Gasteiger charge is -2.14. The standard InChI is InChI=1S/C9H14.C2H4/c1-2-8-5-7-3-4-9(8)6-7;1-2/h3-4,7-9H,2,5-6H2,1H3;1-2H2. The van der Waals surface area contributed by atoms with Gasteiger partial charge in [-0.25, -0.2) is 0 Å². The van der Waals surface area contributed by atoms with Crippen molar-refractivity contribution < 1.29 is 0 Å². The molecule has 3 atom stereocenters. The topological polar surface area (TPSA) is 0 Å². The lowest BCUT2D eigenvalue weighted by Crippen LogP contribution is -2.04. The molecule has 0 saturated heterocycles. The first-order valence-corrected chi connectivity index (χ1v) is 4.58. The highest BCUT2D eigenvalue weighted by atomic mass is 14.4. The predicted molar refractivity (Wildman–Crippen MR) is 50.4 cm³/mol. The van der Waals surface area contributed by atoms with E-state index in [0.29, 0.717) is 0 Å². The molecule has 0 aromatic rings. The molecule has 2 aliphatic carbocycles. The smallest absolute Gasteiger partial charge is 0.0199 e. The molecule has 0 aromatic carbocycles. The second-order valence-electron chi connectivity index (χ2n) is 3.45. The van der Waals surface area contributed by atoms with Gasteiger partial charge in [0.1, 0.15) is 0 Å². The first kappa shape index (κ1) is 8.58. The zero-order valence-electron chi connectivity index (χ0n) is 7.42. The van der Waals surface area contributed by atoms with Gasteiger partial charge in [0, 0.05) is 0 Å². The molecule has 3 unspecified atom stereocenters. The van der Waals surface area contributed by atoms with Gasteiger partial charge in [0.15, 0.2) is 0 Å². The zero-order chi connectivity index (χ0) is 8.27. The van der Waals surface area contributed by atoms with Crippen LogP contribution in [-0.4, -0.2) is 0 Å². The summed E-state index contributed by atoms with van der Waals surface area (Å²) in [5.41, 5.74) is 0. The summed E-state index contributed by atoms with van der Waals surface area (Å²) in [6, 6.07) is 0. The third kappa shape index (κ3) is 1.55. The molecule has 1 fully saturated rings. The summed E-state index contributed by atoms with van der Waals surface area (Å²) in [5, 5.41) is 0. The van der Waals surface area contributed by atoms with Gasteiger partial charge in [0.2, 0.25) is 0 Å². The highest BCUT2D eigenvalue weighted by Gasteiger charge is 2.33. The Bertz CT molecular complexity index is 146. The summed E-state index contributed by atoms with van der Waals surface area (Å²) in [7, 11) is 0. The summed E-state index contributed by atoms with van der Waals surface area (Å²) in [6.45, 7) is 8.32. The van der Waals surface area contributed by atoms with Crippen LogP contribution in [0.3, 0.4) is 0 Å². The van der Waals surface area contributed by atoms with E-state index in [4.69, 9.17) is 0 Å². The van der Waals surface area contributed by atoms with E-state index in [1.54, 1.807) is 0 Å². The lowest BCUT2D eigenvalue weighted by molar-refractivity contribution is 0.434. The normalized spacial score (nSPS) is 38.5. The second kappa shape index (κ2) is 3.75. The van der Waals surface area contributed by atoms with Gasteiger partial charge in [-0.3, -0.25) is 0 Å². The average molecular weight is 150 g/mol. The Balaban J connectivity index is 0.000000281. The van der Waals surface area contributed by atoms with Crippen molar-refractivity contribution >= 4 is 0 Å². The fourth-order valence-corrected chi connectivity index (χ4v) is 2.36. The summed E-state index contributed by atoms with van der Waals surface area (Å²) in [6.07, 6.45) is 9.20. The number of hydrogen-bond acceptors (Lipinski definition) is 0. The maximum atomic E-state index is 3.00. The highest BCUT2D eigenvalue weighted by Crippen LogP contribution is 2.44. The maximum absolute atomic E-state index is 3.00. The Morgan fingerprint density at radius 1 is 1.27 bits per heavy atom. The van der Waals surface area contributed by atoms with Gasteiger partial charge in [0.05, 0.1) is 0 Å². The molecule has 0 heteroatoms. The molecule has 0 aliphatic heterocycles. The fraction of sp³-hybridized carbons (Fsp3) is 0.636. The predicted octanol–water partition coefficient (Wildman–Crippen LogP) is 3.41. The molecule has 1 saturated carbocycles. The Labute approximate surface area is 70.0 Å². The highest BCUT2D eigenvalue weighted by molar-refractivity contribution is 5.09. The molecule has 2 aliphatic rings. The van der Waals surface area contributed by atoms with Crippen molar-refractivity contribution in [2.75, 3.05) is 0 Å². The Kier molecular flexibility index (Phi) is 2.92. The van der Waals surface area contributed by atoms with Crippen molar-refractivity contribution in [3.8, 4) is 0 Å². The monoisotopic (exact) mass is 150 g/mol. The van der Waals surface area contributed by atoms with Gasteiger partial charge >= 0.3 is 0 Å². The minimum atomic E-state index is 0.972. The minimum Gasteiger partial charge on any atom is -0.106 e. The van der Waals surface area contributed by atoms with E-state index in [1.807, 2.05) is 0 Å². The van der Waals surface area contributed by atoms with Crippen LogP contribution < -0.4 is 0 Å². The van der Waals surface area contributed by atoms with Crippen LogP contribution in [0.2, 0.25) is 0 Å². The summed E-state index contributed by atoms with van der Waals surface area (Å²) < 4.78 is 0. The van der Waals surface area contributed by atoms with E-state index in [1.165, 1.54) is 19.3 Å². The first-order chi connectivity index (χ1) is 5.40. The fourth-order valence-electron chi connectivity index (χ4n) is 2.36. The molecular weight excluding hydrogens is 132 g/mol. The number of rotatable bonds is 1. The summed E-state index contributed by atoms with van der Waals surface area (Å²) in [5.74, 6) is 2.99. The van der Waals surface area contributed by atoms with E-state index in [0.717, 1.165) is 17.8 Å². The Morgan fingerprint density at radius 2 is 2.00 bits per heavy atom. The van der Waals surface area contributed by atoms with Crippen molar-refractivity contribution in [2.24, 2.45) is 17.8 Å². The van der Waals surface area contributed by atoms with Crippen molar-refractivity contribution in [2.45, 2.75) is 26.2 Å². The quantitative estimate of drug-likeness (QED) is 0.502. The Hall–Kier alpha value is -0.520. The molecule has 0 radical (unpaired) electrons. The van der Waals surface area contributed by atoms with Gasteiger partial charge in [0.25, 0.3) is 0 Å². The number of allylic oxidation sites excluding steroid dienone is 2. The van der Waals surface area contributed by atoms with Crippen molar-refractivity contribution in [3.05, 3.63) is 25.3 Å². The van der Waals surface area contributed by atoms with E-state index in [9.17, 15) is 0 Å².